The van der Waals surface area contributed by atoms with E-state index in [1.165, 1.54) is 8.87 Å². The Bertz CT molecular complexity index is 1120. The zero-order valence-corrected chi connectivity index (χ0v) is 17.2. The third kappa shape index (κ3) is 4.98. The molecule has 1 aliphatic heterocycles. The summed E-state index contributed by atoms with van der Waals surface area (Å²) < 4.78 is 94.0. The summed E-state index contributed by atoms with van der Waals surface area (Å²) in [5.74, 6) is -0.755. The zero-order chi connectivity index (χ0) is 21.6. The van der Waals surface area contributed by atoms with Gasteiger partial charge in [-0.25, -0.2) is 22.7 Å². The van der Waals surface area contributed by atoms with Gasteiger partial charge in [0.15, 0.2) is 0 Å². The molecule has 0 aromatic carbocycles. The molecule has 0 atom stereocenters. The molecule has 29 heavy (non-hydrogen) atoms. The Kier molecular flexibility index (Phi) is 5.55. The van der Waals surface area contributed by atoms with Crippen molar-refractivity contribution < 1.29 is 34.2 Å². The maximum atomic E-state index is 13.6. The van der Waals surface area contributed by atoms with Crippen molar-refractivity contribution in [3.8, 4) is 5.88 Å². The Labute approximate surface area is 165 Å². The third-order valence-electron chi connectivity index (χ3n) is 4.65. The lowest BCUT2D eigenvalue weighted by molar-refractivity contribution is -0.136. The first-order valence-electron chi connectivity index (χ1n) is 8.51. The van der Waals surface area contributed by atoms with Gasteiger partial charge in [-0.05, 0) is 18.8 Å². The van der Waals surface area contributed by atoms with Gasteiger partial charge < -0.3 is 8.75 Å². The second-order valence-corrected chi connectivity index (χ2v) is 10.5. The van der Waals surface area contributed by atoms with Crippen molar-refractivity contribution in [3.63, 3.8) is 0 Å². The van der Waals surface area contributed by atoms with Gasteiger partial charge in [0.2, 0.25) is 15.9 Å². The number of aromatic nitrogens is 3. The maximum absolute atomic E-state index is 13.6. The van der Waals surface area contributed by atoms with Crippen LogP contribution in [0.4, 0.5) is 13.2 Å². The lowest BCUT2D eigenvalue weighted by atomic mass is 9.98. The molecule has 0 spiro atoms. The molecule has 2 aromatic rings. The van der Waals surface area contributed by atoms with E-state index in [1.54, 1.807) is 0 Å². The predicted molar refractivity (Wildman–Crippen MR) is 97.1 cm³/mol. The molecule has 0 amide bonds. The molecule has 0 radical (unpaired) electrons. The Hall–Kier alpha value is -1.93. The molecule has 0 bridgehead atoms. The van der Waals surface area contributed by atoms with Crippen molar-refractivity contribution in [2.75, 3.05) is 25.6 Å². The van der Waals surface area contributed by atoms with Crippen LogP contribution in [0.2, 0.25) is 0 Å². The summed E-state index contributed by atoms with van der Waals surface area (Å²) in [5, 5.41) is -0.529. The van der Waals surface area contributed by atoms with Crippen molar-refractivity contribution in [2.45, 2.75) is 25.6 Å². The number of rotatable bonds is 5. The fourth-order valence-electron chi connectivity index (χ4n) is 3.36. The monoisotopic (exact) mass is 456 g/mol. The lowest BCUT2D eigenvalue weighted by Gasteiger charge is -2.30. The second kappa shape index (κ2) is 7.40. The Balaban J connectivity index is 1.96. The number of hydrogen-bond acceptors (Lipinski definition) is 7. The van der Waals surface area contributed by atoms with Crippen molar-refractivity contribution in [3.05, 3.63) is 18.1 Å². The van der Waals surface area contributed by atoms with Crippen LogP contribution in [0, 0.1) is 5.92 Å². The summed E-state index contributed by atoms with van der Waals surface area (Å²) in [6.45, 7) is 0.734. The van der Waals surface area contributed by atoms with E-state index in [0.29, 0.717) is 19.1 Å². The minimum atomic E-state index is -4.77. The molecule has 3 heterocycles. The Morgan fingerprint density at radius 1 is 1.14 bits per heavy atom. The first-order chi connectivity index (χ1) is 13.3. The summed E-state index contributed by atoms with van der Waals surface area (Å²) in [6, 6.07) is 0. The van der Waals surface area contributed by atoms with E-state index in [-0.39, 0.29) is 31.2 Å². The van der Waals surface area contributed by atoms with Gasteiger partial charge in [-0.1, -0.05) is 0 Å². The number of sulfonamides is 1. The average Bonchev–Trinajstić information content (AvgIpc) is 2.93. The predicted octanol–water partition coefficient (Wildman–Crippen LogP) is 1.46. The first kappa shape index (κ1) is 21.8. The minimum absolute atomic E-state index is 0.0704. The SMILES string of the molecule is CS(=O)(=O)Oc1ncnc2c1c(C(F)(F)F)cn2CC1CCN(S(C)(=O)=O)CC1. The fraction of sp³-hybridized carbons (Fsp3) is 0.600. The number of halogens is 3. The van der Waals surface area contributed by atoms with Crippen LogP contribution in [-0.2, 0) is 32.9 Å². The number of alkyl halides is 3. The molecular formula is C15H19F3N4O5S2. The maximum Gasteiger partial charge on any atom is 0.418 e. The summed E-state index contributed by atoms with van der Waals surface area (Å²) in [4.78, 5) is 7.46. The van der Waals surface area contributed by atoms with Gasteiger partial charge in [0, 0.05) is 25.8 Å². The Morgan fingerprint density at radius 2 is 1.76 bits per heavy atom. The molecule has 1 saturated heterocycles. The van der Waals surface area contributed by atoms with Crippen molar-refractivity contribution in [2.24, 2.45) is 5.92 Å². The zero-order valence-electron chi connectivity index (χ0n) is 15.5. The first-order valence-corrected chi connectivity index (χ1v) is 12.2. The highest BCUT2D eigenvalue weighted by atomic mass is 32.2. The molecule has 0 unspecified atom stereocenters. The largest absolute Gasteiger partial charge is 0.418 e. The van der Waals surface area contributed by atoms with E-state index < -0.39 is 43.1 Å². The highest BCUT2D eigenvalue weighted by Crippen LogP contribution is 2.39. The van der Waals surface area contributed by atoms with Crippen LogP contribution < -0.4 is 4.18 Å². The molecule has 0 aliphatic carbocycles. The molecule has 9 nitrogen and oxygen atoms in total. The van der Waals surface area contributed by atoms with Crippen molar-refractivity contribution >= 4 is 31.2 Å². The van der Waals surface area contributed by atoms with E-state index in [4.69, 9.17) is 0 Å². The fourth-order valence-corrected chi connectivity index (χ4v) is 4.65. The van der Waals surface area contributed by atoms with E-state index in [2.05, 4.69) is 14.2 Å². The quantitative estimate of drug-likeness (QED) is 0.626. The third-order valence-corrected chi connectivity index (χ3v) is 6.42. The van der Waals surface area contributed by atoms with Crippen LogP contribution >= 0.6 is 0 Å². The van der Waals surface area contributed by atoms with Crippen molar-refractivity contribution in [1.29, 1.82) is 0 Å². The highest BCUT2D eigenvalue weighted by Gasteiger charge is 2.38. The van der Waals surface area contributed by atoms with Crippen LogP contribution in [0.5, 0.6) is 5.88 Å². The summed E-state index contributed by atoms with van der Waals surface area (Å²) in [6.07, 6.45) is -0.201. The van der Waals surface area contributed by atoms with Gasteiger partial charge in [0.05, 0.1) is 23.5 Å². The van der Waals surface area contributed by atoms with Crippen LogP contribution in [0.15, 0.2) is 12.5 Å². The summed E-state index contributed by atoms with van der Waals surface area (Å²) in [5.41, 5.74) is -1.20. The topological polar surface area (TPSA) is 111 Å². The van der Waals surface area contributed by atoms with Crippen LogP contribution in [0.25, 0.3) is 11.0 Å². The number of piperidine rings is 1. The van der Waals surface area contributed by atoms with E-state index >= 15 is 0 Å². The number of nitrogens with zero attached hydrogens (tertiary/aromatic N) is 4. The highest BCUT2D eigenvalue weighted by molar-refractivity contribution is 7.88. The summed E-state index contributed by atoms with van der Waals surface area (Å²) in [7, 11) is -7.41. The molecular weight excluding hydrogens is 437 g/mol. The van der Waals surface area contributed by atoms with Gasteiger partial charge in [-0.3, -0.25) is 0 Å². The second-order valence-electron chi connectivity index (χ2n) is 6.96. The van der Waals surface area contributed by atoms with Gasteiger partial charge in [-0.2, -0.15) is 21.6 Å². The molecule has 2 aromatic heterocycles. The van der Waals surface area contributed by atoms with Gasteiger partial charge in [0.1, 0.15) is 12.0 Å². The Morgan fingerprint density at radius 3 is 2.28 bits per heavy atom. The van der Waals surface area contributed by atoms with E-state index in [9.17, 15) is 30.0 Å². The molecule has 1 aliphatic rings. The lowest BCUT2D eigenvalue weighted by Crippen LogP contribution is -2.38. The number of fused-ring (bicyclic) bond motifs is 1. The molecule has 0 N–H and O–H groups in total. The molecule has 162 valence electrons. The van der Waals surface area contributed by atoms with E-state index in [1.807, 2.05) is 0 Å². The normalized spacial score (nSPS) is 17.7. The van der Waals surface area contributed by atoms with E-state index in [0.717, 1.165) is 18.8 Å². The van der Waals surface area contributed by atoms with Crippen LogP contribution in [0.1, 0.15) is 18.4 Å². The van der Waals surface area contributed by atoms with Crippen molar-refractivity contribution in [1.82, 2.24) is 18.8 Å². The summed E-state index contributed by atoms with van der Waals surface area (Å²) >= 11 is 0. The van der Waals surface area contributed by atoms with Gasteiger partial charge in [0.25, 0.3) is 0 Å². The van der Waals surface area contributed by atoms with Gasteiger partial charge >= 0.3 is 16.3 Å². The number of hydrogen-bond donors (Lipinski definition) is 0. The minimum Gasteiger partial charge on any atom is -0.361 e. The van der Waals surface area contributed by atoms with Gasteiger partial charge in [-0.15, -0.1) is 0 Å². The molecule has 14 heteroatoms. The average molecular weight is 456 g/mol. The van der Waals surface area contributed by atoms with Crippen LogP contribution in [-0.4, -0.2) is 61.3 Å². The standard InChI is InChI=1S/C15H19F3N4O5S2/c1-28(23,24)22-5-3-10(4-6-22)7-21-8-11(15(16,17)18)12-13(21)19-9-20-14(12)27-29(2,25)26/h8-10H,3-7H2,1-2H3. The smallest absolute Gasteiger partial charge is 0.361 e. The molecule has 0 saturated carbocycles. The molecule has 3 rings (SSSR count). The van der Waals surface area contributed by atoms with Crippen LogP contribution in [0.3, 0.4) is 0 Å². The molecule has 1 fully saturated rings.